The maximum Gasteiger partial charge on any atom is 0.226 e. The number of rotatable bonds is 11. The second kappa shape index (κ2) is 12.8. The quantitative estimate of drug-likeness (QED) is 0.367. The lowest BCUT2D eigenvalue weighted by Crippen LogP contribution is -2.41. The van der Waals surface area contributed by atoms with E-state index in [0.717, 1.165) is 16.0 Å². The molecule has 2 aromatic carbocycles. The summed E-state index contributed by atoms with van der Waals surface area (Å²) in [7, 11) is 0. The Hall–Kier alpha value is -1.99. The molecule has 1 N–H and O–H groups in total. The number of aliphatic hydroxyl groups is 1. The summed E-state index contributed by atoms with van der Waals surface area (Å²) in [4.78, 5) is 24.0. The molecule has 0 fully saturated rings. The number of hydrogen-bond acceptors (Lipinski definition) is 5. The van der Waals surface area contributed by atoms with Crippen LogP contribution in [0.3, 0.4) is 0 Å². The summed E-state index contributed by atoms with van der Waals surface area (Å²) < 4.78 is 11.4. The van der Waals surface area contributed by atoms with Gasteiger partial charge in [0.25, 0.3) is 0 Å². The lowest BCUT2D eigenvalue weighted by molar-refractivity contribution is -0.144. The van der Waals surface area contributed by atoms with Crippen LogP contribution in [0.4, 0.5) is 0 Å². The molecule has 2 rings (SSSR count). The van der Waals surface area contributed by atoms with Crippen LogP contribution >= 0.6 is 34.8 Å². The van der Waals surface area contributed by atoms with Crippen molar-refractivity contribution >= 4 is 46.6 Å². The molecule has 0 unspecified atom stereocenters. The molecule has 0 aliphatic carbocycles. The number of aliphatic hydroxyl groups excluding tert-OH is 1. The Morgan fingerprint density at radius 2 is 1.51 bits per heavy atom. The first kappa shape index (κ1) is 29.2. The van der Waals surface area contributed by atoms with E-state index in [1.165, 1.54) is 13.8 Å². The van der Waals surface area contributed by atoms with Crippen molar-refractivity contribution in [2.45, 2.75) is 46.1 Å². The number of halogens is 3. The highest BCUT2D eigenvalue weighted by atomic mass is 35.5. The summed E-state index contributed by atoms with van der Waals surface area (Å²) in [5.74, 6) is 0.799. The number of hydrogen-bond donors (Lipinski definition) is 1. The van der Waals surface area contributed by atoms with E-state index in [1.54, 1.807) is 12.1 Å². The maximum atomic E-state index is 11.5. The van der Waals surface area contributed by atoms with Gasteiger partial charge in [0, 0.05) is 31.1 Å². The summed E-state index contributed by atoms with van der Waals surface area (Å²) >= 11 is 18.8. The van der Waals surface area contributed by atoms with Gasteiger partial charge in [-0.1, -0.05) is 56.1 Å². The van der Waals surface area contributed by atoms with Gasteiger partial charge in [-0.2, -0.15) is 0 Å². The molecule has 2 amide bonds. The number of carbonyl (C=O) groups is 2. The topological polar surface area (TPSA) is 76.1 Å². The van der Waals surface area contributed by atoms with E-state index in [9.17, 15) is 14.7 Å². The van der Waals surface area contributed by atoms with E-state index in [-0.39, 0.29) is 19.1 Å². The largest absolute Gasteiger partial charge is 0.491 e. The van der Waals surface area contributed by atoms with Crippen LogP contribution in [0.15, 0.2) is 36.4 Å². The standard InChI is InChI=1S/C26H32Cl3NO5/c1-16(12-27)14-35-25-23(28)10-20(11-24(25)29)26(4,5)19-6-8-22(9-7-19)34-15-21(33)13-30(17(2)31)18(3)32/h6-11,16,21,33H,12-15H2,1-5H3/t16-,21-/m0/s1. The molecule has 2 aromatic rings. The van der Waals surface area contributed by atoms with Crippen molar-refractivity contribution in [2.75, 3.05) is 25.6 Å². The van der Waals surface area contributed by atoms with Gasteiger partial charge in [0.15, 0.2) is 5.75 Å². The van der Waals surface area contributed by atoms with Crippen LogP contribution in [-0.2, 0) is 15.0 Å². The third-order valence-electron chi connectivity index (χ3n) is 5.67. The zero-order valence-electron chi connectivity index (χ0n) is 20.6. The molecular weight excluding hydrogens is 513 g/mol. The second-order valence-corrected chi connectivity index (χ2v) is 10.2. The molecule has 0 spiro atoms. The van der Waals surface area contributed by atoms with Gasteiger partial charge >= 0.3 is 0 Å². The van der Waals surface area contributed by atoms with Crippen LogP contribution in [0, 0.1) is 5.92 Å². The van der Waals surface area contributed by atoms with E-state index in [2.05, 4.69) is 13.8 Å². The summed E-state index contributed by atoms with van der Waals surface area (Å²) in [5, 5.41) is 11.0. The number of carbonyl (C=O) groups excluding carboxylic acids is 2. The molecule has 9 heteroatoms. The van der Waals surface area contributed by atoms with E-state index >= 15 is 0 Å². The average Bonchev–Trinajstić information content (AvgIpc) is 2.80. The molecule has 2 atom stereocenters. The van der Waals surface area contributed by atoms with Crippen LogP contribution in [0.1, 0.15) is 45.7 Å². The summed E-state index contributed by atoms with van der Waals surface area (Å²) in [6.07, 6.45) is -1.00. The van der Waals surface area contributed by atoms with E-state index in [0.29, 0.717) is 34.0 Å². The van der Waals surface area contributed by atoms with Crippen molar-refractivity contribution in [1.82, 2.24) is 4.90 Å². The molecule has 35 heavy (non-hydrogen) atoms. The molecular formula is C26H32Cl3NO5. The molecule has 0 aromatic heterocycles. The van der Waals surface area contributed by atoms with Crippen molar-refractivity contribution < 1.29 is 24.2 Å². The fourth-order valence-corrected chi connectivity index (χ4v) is 4.08. The van der Waals surface area contributed by atoms with Gasteiger partial charge in [-0.25, -0.2) is 0 Å². The Bertz CT molecular complexity index is 989. The number of ether oxygens (including phenoxy) is 2. The fraction of sp³-hybridized carbons (Fsp3) is 0.462. The minimum atomic E-state index is -1.00. The summed E-state index contributed by atoms with van der Waals surface area (Å²) in [6.45, 7) is 8.88. The fourth-order valence-electron chi connectivity index (χ4n) is 3.40. The highest BCUT2D eigenvalue weighted by molar-refractivity contribution is 6.37. The smallest absolute Gasteiger partial charge is 0.226 e. The van der Waals surface area contributed by atoms with Gasteiger partial charge in [-0.15, -0.1) is 11.6 Å². The van der Waals surface area contributed by atoms with Crippen molar-refractivity contribution in [2.24, 2.45) is 5.92 Å². The lowest BCUT2D eigenvalue weighted by atomic mass is 9.78. The third-order valence-corrected chi connectivity index (χ3v) is 6.76. The Balaban J connectivity index is 2.09. The Morgan fingerprint density at radius 1 is 0.971 bits per heavy atom. The van der Waals surface area contributed by atoms with Gasteiger partial charge in [0.2, 0.25) is 11.8 Å². The molecule has 0 saturated carbocycles. The lowest BCUT2D eigenvalue weighted by Gasteiger charge is -2.27. The SMILES string of the molecule is CC(=O)N(C[C@H](O)COc1ccc(C(C)(C)c2cc(Cl)c(OC[C@@H](C)CCl)c(Cl)c2)cc1)C(C)=O. The first-order valence-corrected chi connectivity index (χ1v) is 12.5. The van der Waals surface area contributed by atoms with Crippen LogP contribution in [-0.4, -0.2) is 53.6 Å². The second-order valence-electron chi connectivity index (χ2n) is 9.10. The van der Waals surface area contributed by atoms with Gasteiger partial charge in [-0.05, 0) is 35.4 Å². The van der Waals surface area contributed by atoms with Crippen LogP contribution in [0.5, 0.6) is 11.5 Å². The van der Waals surface area contributed by atoms with Crippen LogP contribution in [0.2, 0.25) is 10.0 Å². The molecule has 0 heterocycles. The van der Waals surface area contributed by atoms with Crippen molar-refractivity contribution in [3.63, 3.8) is 0 Å². The molecule has 6 nitrogen and oxygen atoms in total. The highest BCUT2D eigenvalue weighted by Crippen LogP contribution is 2.40. The zero-order chi connectivity index (χ0) is 26.3. The Labute approximate surface area is 222 Å². The number of nitrogens with zero attached hydrogens (tertiary/aromatic N) is 1. The van der Waals surface area contributed by atoms with E-state index < -0.39 is 23.3 Å². The van der Waals surface area contributed by atoms with E-state index in [1.807, 2.05) is 31.2 Å². The van der Waals surface area contributed by atoms with Crippen molar-refractivity contribution in [1.29, 1.82) is 0 Å². The number of amides is 2. The molecule has 0 bridgehead atoms. The van der Waals surface area contributed by atoms with Gasteiger partial charge in [-0.3, -0.25) is 14.5 Å². The molecule has 0 aliphatic rings. The van der Waals surface area contributed by atoms with Crippen molar-refractivity contribution in [3.8, 4) is 11.5 Å². The van der Waals surface area contributed by atoms with Gasteiger partial charge in [0.1, 0.15) is 18.5 Å². The molecule has 192 valence electrons. The third kappa shape index (κ3) is 8.01. The first-order valence-electron chi connectivity index (χ1n) is 11.2. The Morgan fingerprint density at radius 3 is 2.00 bits per heavy atom. The summed E-state index contributed by atoms with van der Waals surface area (Å²) in [6, 6.07) is 11.1. The van der Waals surface area contributed by atoms with Crippen LogP contribution < -0.4 is 9.47 Å². The van der Waals surface area contributed by atoms with Crippen LogP contribution in [0.25, 0.3) is 0 Å². The highest BCUT2D eigenvalue weighted by Gasteiger charge is 2.26. The van der Waals surface area contributed by atoms with E-state index in [4.69, 9.17) is 44.3 Å². The predicted molar refractivity (Wildman–Crippen MR) is 140 cm³/mol. The minimum absolute atomic E-state index is 0.0607. The molecule has 0 aliphatic heterocycles. The first-order chi connectivity index (χ1) is 16.4. The predicted octanol–water partition coefficient (Wildman–Crippen LogP) is 5.71. The molecule has 0 saturated heterocycles. The van der Waals surface area contributed by atoms with Crippen molar-refractivity contribution in [3.05, 3.63) is 57.6 Å². The summed E-state index contributed by atoms with van der Waals surface area (Å²) in [5.41, 5.74) is 1.50. The number of benzene rings is 2. The number of imide groups is 1. The molecule has 0 radical (unpaired) electrons. The number of alkyl halides is 1. The minimum Gasteiger partial charge on any atom is -0.491 e. The van der Waals surface area contributed by atoms with Gasteiger partial charge < -0.3 is 14.6 Å². The maximum absolute atomic E-state index is 11.5. The Kier molecular flexibility index (Phi) is 10.7. The zero-order valence-corrected chi connectivity index (χ0v) is 22.9. The monoisotopic (exact) mass is 543 g/mol. The normalized spacial score (nSPS) is 13.2. The average molecular weight is 545 g/mol. The van der Waals surface area contributed by atoms with Gasteiger partial charge in [0.05, 0.1) is 23.2 Å².